The number of hydrogen-bond acceptors (Lipinski definition) is 9. The molecule has 2 aliphatic rings. The number of hydrogen-bond donors (Lipinski definition) is 2. The van der Waals surface area contributed by atoms with Crippen LogP contribution in [0.2, 0.25) is 0 Å². The number of nitriles is 1. The van der Waals surface area contributed by atoms with Crippen molar-refractivity contribution in [3.8, 4) is 23.3 Å². The maximum atomic E-state index is 13.4. The van der Waals surface area contributed by atoms with E-state index in [2.05, 4.69) is 69.0 Å². The van der Waals surface area contributed by atoms with Crippen molar-refractivity contribution < 1.29 is 19.4 Å². The van der Waals surface area contributed by atoms with Gasteiger partial charge < -0.3 is 24.8 Å². The molecule has 1 fully saturated rings. The Bertz CT molecular complexity index is 2120. The smallest absolute Gasteiger partial charge is 0.232 e. The second kappa shape index (κ2) is 15.9. The molecule has 5 aromatic rings. The first kappa shape index (κ1) is 36.9. The molecule has 3 aromatic heterocycles. The van der Waals surface area contributed by atoms with E-state index < -0.39 is 5.41 Å². The van der Waals surface area contributed by atoms with Gasteiger partial charge in [0, 0.05) is 30.6 Å². The zero-order chi connectivity index (χ0) is 37.8. The molecule has 282 valence electrons. The minimum absolute atomic E-state index is 0.0781. The van der Waals surface area contributed by atoms with Crippen LogP contribution in [0.4, 0.5) is 11.8 Å². The number of aromatic nitrogens is 5. The number of amides is 1. The van der Waals surface area contributed by atoms with Crippen molar-refractivity contribution in [1.82, 2.24) is 24.4 Å². The molecule has 0 radical (unpaired) electrons. The molecule has 0 spiro atoms. The molecule has 1 amide bonds. The van der Waals surface area contributed by atoms with Crippen LogP contribution >= 0.6 is 0 Å². The molecule has 1 saturated heterocycles. The summed E-state index contributed by atoms with van der Waals surface area (Å²) >= 11 is 0. The first-order valence-electron chi connectivity index (χ1n) is 19.2. The van der Waals surface area contributed by atoms with Gasteiger partial charge in [-0.05, 0) is 114 Å². The lowest BCUT2D eigenvalue weighted by molar-refractivity contribution is -0.116. The number of nitrogens with zero attached hydrogens (tertiary/aromatic N) is 7. The number of rotatable bonds is 13. The highest BCUT2D eigenvalue weighted by atomic mass is 16.5. The van der Waals surface area contributed by atoms with Gasteiger partial charge in [0.05, 0.1) is 35.7 Å². The Morgan fingerprint density at radius 3 is 2.56 bits per heavy atom. The van der Waals surface area contributed by atoms with E-state index in [1.165, 1.54) is 17.5 Å². The Morgan fingerprint density at radius 2 is 1.78 bits per heavy atom. The zero-order valence-corrected chi connectivity index (χ0v) is 31.6. The van der Waals surface area contributed by atoms with Crippen molar-refractivity contribution >= 4 is 23.3 Å². The average molecular weight is 731 g/mol. The first-order chi connectivity index (χ1) is 26.1. The highest BCUT2D eigenvalue weighted by molar-refractivity contribution is 5.90. The third kappa shape index (κ3) is 7.78. The van der Waals surface area contributed by atoms with Crippen LogP contribution in [0.5, 0.6) is 11.5 Å². The van der Waals surface area contributed by atoms with Gasteiger partial charge in [-0.2, -0.15) is 10.4 Å². The Balaban J connectivity index is 1.01. The SMILES string of the molecule is C[C@@H]1CCC[C@H](C)N1c1nnc2ccc(O[C@@H]3CCC(CCCC(=O)Nc4cc(C(C)(C)C#N)nn4-c4cccc(OCCO)c4)c4ccccc43)cn12. The monoisotopic (exact) mass is 730 g/mol. The number of benzene rings is 2. The van der Waals surface area contributed by atoms with Crippen LogP contribution in [0.1, 0.15) is 108 Å². The lowest BCUT2D eigenvalue weighted by atomic mass is 9.79. The van der Waals surface area contributed by atoms with E-state index in [0.717, 1.165) is 49.4 Å². The molecule has 1 aliphatic carbocycles. The predicted octanol–water partition coefficient (Wildman–Crippen LogP) is 7.66. The van der Waals surface area contributed by atoms with Crippen LogP contribution in [0.25, 0.3) is 11.3 Å². The zero-order valence-electron chi connectivity index (χ0n) is 31.6. The van der Waals surface area contributed by atoms with Crippen molar-refractivity contribution in [3.05, 3.63) is 89.7 Å². The number of aliphatic hydroxyl groups is 1. The number of nitrogens with one attached hydrogen (secondary N) is 1. The standard InChI is InChI=1S/C42H50N8O4/c1-28-10-7-11-29(2)49(28)41-46-45-38-21-19-33(26-48(38)41)54-36-20-18-30(34-15-5-6-16-35(34)36)12-8-17-40(52)44-39-25-37(42(3,4)27-43)47-50(39)31-13-9-14-32(24-31)53-23-22-51/h5-6,9,13-16,19,21,24-26,28-30,36,51H,7-8,10-12,17-18,20,22-23H2,1-4H3,(H,44,52)/t28-,29+,30?,36-/m1/s1. The van der Waals surface area contributed by atoms with Gasteiger partial charge in [-0.1, -0.05) is 30.3 Å². The summed E-state index contributed by atoms with van der Waals surface area (Å²) in [6.45, 7) is 8.19. The first-order valence-corrected chi connectivity index (χ1v) is 19.2. The molecule has 12 heteroatoms. The van der Waals surface area contributed by atoms with E-state index in [9.17, 15) is 15.2 Å². The number of ether oxygens (including phenoxy) is 2. The van der Waals surface area contributed by atoms with E-state index in [-0.39, 0.29) is 25.2 Å². The van der Waals surface area contributed by atoms with Crippen LogP contribution in [-0.2, 0) is 10.2 Å². The van der Waals surface area contributed by atoms with Crippen molar-refractivity contribution in [1.29, 1.82) is 5.26 Å². The van der Waals surface area contributed by atoms with Crippen molar-refractivity contribution in [2.75, 3.05) is 23.4 Å². The fourth-order valence-electron chi connectivity index (χ4n) is 7.96. The van der Waals surface area contributed by atoms with Gasteiger partial charge in [0.25, 0.3) is 0 Å². The van der Waals surface area contributed by atoms with E-state index in [0.29, 0.717) is 53.8 Å². The highest BCUT2D eigenvalue weighted by Crippen LogP contribution is 2.42. The number of carbonyl (C=O) groups is 1. The molecule has 54 heavy (non-hydrogen) atoms. The maximum absolute atomic E-state index is 13.4. The molecular weight excluding hydrogens is 681 g/mol. The fourth-order valence-corrected chi connectivity index (χ4v) is 7.96. The molecule has 12 nitrogen and oxygen atoms in total. The van der Waals surface area contributed by atoms with Crippen molar-refractivity contribution in [2.24, 2.45) is 0 Å². The summed E-state index contributed by atoms with van der Waals surface area (Å²) in [5.74, 6) is 2.92. The highest BCUT2D eigenvalue weighted by Gasteiger charge is 2.31. The minimum atomic E-state index is -0.859. The van der Waals surface area contributed by atoms with Gasteiger partial charge >= 0.3 is 0 Å². The molecule has 4 atom stereocenters. The third-order valence-electron chi connectivity index (χ3n) is 10.9. The summed E-state index contributed by atoms with van der Waals surface area (Å²) in [4.78, 5) is 15.8. The van der Waals surface area contributed by atoms with Crippen molar-refractivity contribution in [2.45, 2.75) is 109 Å². The molecule has 1 aliphatic heterocycles. The molecule has 0 bridgehead atoms. The average Bonchev–Trinajstić information content (AvgIpc) is 3.79. The number of aliphatic hydroxyl groups excluding tert-OH is 1. The summed E-state index contributed by atoms with van der Waals surface area (Å²) < 4.78 is 16.0. The lowest BCUT2D eigenvalue weighted by Gasteiger charge is -2.39. The summed E-state index contributed by atoms with van der Waals surface area (Å²) in [5.41, 5.74) is 3.64. The minimum Gasteiger partial charge on any atom is -0.491 e. The van der Waals surface area contributed by atoms with Crippen LogP contribution in [0.15, 0.2) is 72.9 Å². The Kier molecular flexibility index (Phi) is 10.9. The van der Waals surface area contributed by atoms with E-state index in [1.807, 2.05) is 30.5 Å². The predicted molar refractivity (Wildman–Crippen MR) is 207 cm³/mol. The molecule has 2 N–H and O–H groups in total. The molecule has 2 aromatic carbocycles. The second-order valence-electron chi connectivity index (χ2n) is 15.2. The van der Waals surface area contributed by atoms with Gasteiger partial charge in [-0.3, -0.25) is 9.20 Å². The van der Waals surface area contributed by atoms with Gasteiger partial charge in [0.2, 0.25) is 11.9 Å². The third-order valence-corrected chi connectivity index (χ3v) is 10.9. The topological polar surface area (TPSA) is 143 Å². The lowest BCUT2D eigenvalue weighted by Crippen LogP contribution is -2.44. The Labute approximate surface area is 316 Å². The van der Waals surface area contributed by atoms with Gasteiger partial charge in [0.1, 0.15) is 30.0 Å². The molecular formula is C42H50N8O4. The normalized spacial score (nSPS) is 20.0. The number of piperidine rings is 1. The summed E-state index contributed by atoms with van der Waals surface area (Å²) in [5, 5.41) is 35.8. The summed E-state index contributed by atoms with van der Waals surface area (Å²) in [6.07, 6.45) is 9.24. The second-order valence-corrected chi connectivity index (χ2v) is 15.2. The van der Waals surface area contributed by atoms with Crippen LogP contribution in [0.3, 0.4) is 0 Å². The molecule has 0 saturated carbocycles. The number of pyridine rings is 1. The maximum Gasteiger partial charge on any atom is 0.232 e. The van der Waals surface area contributed by atoms with Crippen LogP contribution in [-0.4, -0.2) is 60.7 Å². The van der Waals surface area contributed by atoms with Crippen LogP contribution < -0.4 is 19.7 Å². The Hall–Kier alpha value is -5.41. The fraction of sp³-hybridized carbons (Fsp3) is 0.452. The largest absolute Gasteiger partial charge is 0.491 e. The quantitative estimate of drug-likeness (QED) is 0.125. The van der Waals surface area contributed by atoms with E-state index in [1.54, 1.807) is 36.7 Å². The molecule has 7 rings (SSSR count). The molecule has 1 unspecified atom stereocenters. The molecule has 4 heterocycles. The Morgan fingerprint density at radius 1 is 0.981 bits per heavy atom. The van der Waals surface area contributed by atoms with Gasteiger partial charge in [-0.15, -0.1) is 10.2 Å². The van der Waals surface area contributed by atoms with Gasteiger partial charge in [0.15, 0.2) is 5.65 Å². The summed E-state index contributed by atoms with van der Waals surface area (Å²) in [6, 6.07) is 24.6. The number of carbonyl (C=O) groups excluding carboxylic acids is 1. The van der Waals surface area contributed by atoms with Gasteiger partial charge in [-0.25, -0.2) is 4.68 Å². The van der Waals surface area contributed by atoms with E-state index >= 15 is 0 Å². The van der Waals surface area contributed by atoms with E-state index in [4.69, 9.17) is 14.6 Å². The number of fused-ring (bicyclic) bond motifs is 2. The number of anilines is 2. The van der Waals surface area contributed by atoms with Crippen LogP contribution in [0, 0.1) is 11.3 Å². The van der Waals surface area contributed by atoms with Crippen molar-refractivity contribution in [3.63, 3.8) is 0 Å². The summed E-state index contributed by atoms with van der Waals surface area (Å²) in [7, 11) is 0.